The van der Waals surface area contributed by atoms with Gasteiger partial charge in [0.25, 0.3) is 0 Å². The molecule has 0 fully saturated rings. The normalized spacial score (nSPS) is 11.9. The maximum absolute atomic E-state index is 12.1. The van der Waals surface area contributed by atoms with Crippen LogP contribution < -0.4 is 14.7 Å². The van der Waals surface area contributed by atoms with Crippen LogP contribution in [0, 0.1) is 0 Å². The summed E-state index contributed by atoms with van der Waals surface area (Å²) in [5.41, 5.74) is 0.998. The van der Waals surface area contributed by atoms with Crippen molar-refractivity contribution < 1.29 is 12.3 Å². The molecule has 0 heterocycles. The monoisotopic (exact) mass is 646 g/mol. The summed E-state index contributed by atoms with van der Waals surface area (Å²) in [6.45, 7) is 1.45. The van der Waals surface area contributed by atoms with E-state index in [4.69, 9.17) is 2.69 Å². The average molecular weight is 646 g/mol. The topological polar surface area (TPSA) is 59.7 Å². The van der Waals surface area contributed by atoms with E-state index in [-0.39, 0.29) is 11.9 Å². The minimum atomic E-state index is -4.38. The van der Waals surface area contributed by atoms with Gasteiger partial charge < -0.3 is 0 Å². The van der Waals surface area contributed by atoms with Crippen LogP contribution in [-0.2, 0) is 13.9 Å². The maximum atomic E-state index is 12.1. The summed E-state index contributed by atoms with van der Waals surface area (Å²) >= 11 is -4.38. The van der Waals surface area contributed by atoms with Gasteiger partial charge in [0.15, 0.2) is 0 Å². The molecule has 4 aromatic carbocycles. The predicted molar refractivity (Wildman–Crippen MR) is 140 cm³/mol. The fourth-order valence-electron chi connectivity index (χ4n) is 4.22. The van der Waals surface area contributed by atoms with E-state index in [1.54, 1.807) is 0 Å². The molecule has 4 rings (SSSR count). The van der Waals surface area contributed by atoms with Crippen LogP contribution >= 0.6 is 0 Å². The van der Waals surface area contributed by atoms with Gasteiger partial charge in [-0.15, -0.1) is 0 Å². The quantitative estimate of drug-likeness (QED) is 0.237. The molecule has 0 radical (unpaired) electrons. The summed E-state index contributed by atoms with van der Waals surface area (Å²) in [6.07, 6.45) is 0.425. The van der Waals surface area contributed by atoms with Gasteiger partial charge in [-0.05, 0) is 0 Å². The molecule has 170 valence electrons. The molecule has 5 heteroatoms. The van der Waals surface area contributed by atoms with E-state index in [2.05, 4.69) is 41.7 Å². The van der Waals surface area contributed by atoms with Crippen LogP contribution in [0.5, 0.6) is 0 Å². The zero-order valence-electron chi connectivity index (χ0n) is 19.1. The Morgan fingerprint density at radius 3 is 1.50 bits per heavy atom. The van der Waals surface area contributed by atoms with Crippen molar-refractivity contribution in [3.8, 4) is 0 Å². The molecule has 0 aromatic heterocycles. The van der Waals surface area contributed by atoms with Crippen molar-refractivity contribution in [1.82, 2.24) is 5.32 Å². The third-order valence-electron chi connectivity index (χ3n) is 5.76. The molecule has 0 aliphatic carbocycles. The van der Waals surface area contributed by atoms with Gasteiger partial charge >= 0.3 is 207 Å². The van der Waals surface area contributed by atoms with Crippen LogP contribution in [0.1, 0.15) is 12.5 Å². The van der Waals surface area contributed by atoms with Gasteiger partial charge in [0, 0.05) is 0 Å². The van der Waals surface area contributed by atoms with E-state index < -0.39 is 27.7 Å². The third kappa shape index (κ3) is 5.44. The molecule has 34 heavy (non-hydrogen) atoms. The Labute approximate surface area is 205 Å². The van der Waals surface area contributed by atoms with Crippen LogP contribution in [0.4, 0.5) is 0 Å². The Morgan fingerprint density at radius 2 is 1.12 bits per heavy atom. The first kappa shape index (κ1) is 23.9. The van der Waals surface area contributed by atoms with Gasteiger partial charge in [0.05, 0.1) is 0 Å². The molecule has 1 amide bonds. The molecule has 0 aliphatic rings. The van der Waals surface area contributed by atoms with Crippen LogP contribution in [0.25, 0.3) is 0 Å². The number of carbonyl (C=O) groups excluding carboxylic acids is 2. The number of amides is 1. The number of carbonyl (C=O) groups is 1. The van der Waals surface area contributed by atoms with E-state index in [0.29, 0.717) is 6.42 Å². The van der Waals surface area contributed by atoms with Crippen molar-refractivity contribution in [3.05, 3.63) is 127 Å². The zero-order chi connectivity index (χ0) is 23.8. The molecule has 1 atom stereocenters. The minimum absolute atomic E-state index is 0.155. The molecular weight excluding hydrogens is 618 g/mol. The second-order valence-corrected chi connectivity index (χ2v) is 21.0. The first-order valence-corrected chi connectivity index (χ1v) is 18.7. The van der Waals surface area contributed by atoms with Crippen molar-refractivity contribution in [2.24, 2.45) is 0 Å². The van der Waals surface area contributed by atoms with Gasteiger partial charge in [-0.1, -0.05) is 0 Å². The molecule has 0 bridgehead atoms. The van der Waals surface area contributed by atoms with Crippen LogP contribution in [0.15, 0.2) is 121 Å². The zero-order valence-corrected chi connectivity index (χ0v) is 23.0. The molecule has 0 saturated carbocycles. The third-order valence-corrected chi connectivity index (χ3v) is 21.1. The van der Waals surface area contributed by atoms with Gasteiger partial charge in [-0.2, -0.15) is 0 Å². The van der Waals surface area contributed by atoms with Crippen LogP contribution in [-0.4, -0.2) is 44.3 Å². The fraction of sp³-hybridized carbons (Fsp3) is 0.103. The summed E-state index contributed by atoms with van der Waals surface area (Å²) in [5.74, 6) is -0.380. The molecule has 4 nitrogen and oxygen atoms in total. The summed E-state index contributed by atoms with van der Waals surface area (Å²) < 4.78 is 10.1. The van der Waals surface area contributed by atoms with E-state index in [1.165, 1.54) is 6.92 Å². The van der Waals surface area contributed by atoms with Crippen molar-refractivity contribution in [3.63, 3.8) is 0 Å². The number of nitrogens with one attached hydrogen (secondary N) is 1. The van der Waals surface area contributed by atoms with E-state index in [1.807, 2.05) is 84.9 Å². The fourth-order valence-corrected chi connectivity index (χ4v) is 19.0. The number of rotatable bonds is 8. The summed E-state index contributed by atoms with van der Waals surface area (Å²) in [6, 6.07) is 39.6. The average Bonchev–Trinajstić information content (AvgIpc) is 2.89. The number of hydrogen-bond donors (Lipinski definition) is 1. The van der Waals surface area contributed by atoms with Gasteiger partial charge in [0.1, 0.15) is 0 Å². The van der Waals surface area contributed by atoms with Crippen molar-refractivity contribution >= 4 is 42.9 Å². The Bertz CT molecular complexity index is 1120. The second kappa shape index (κ2) is 11.2. The molecule has 2 N–H and O–H groups in total. The van der Waals surface area contributed by atoms with E-state index in [0.717, 1.165) is 14.9 Å². The Morgan fingerprint density at radius 1 is 0.735 bits per heavy atom. The molecule has 0 spiro atoms. The van der Waals surface area contributed by atoms with E-state index >= 15 is 0 Å². The Hall–Kier alpha value is -3.26. The Balaban J connectivity index is 1.83. The SMILES string of the molecule is CC(=O)NC(Cc1ccccc1)C(=[OH+])[O][Pb]([c]1ccccc1)([c]1ccccc1)[c]1ccccc1. The first-order chi connectivity index (χ1) is 16.6. The van der Waals surface area contributed by atoms with Crippen LogP contribution in [0.3, 0.4) is 0 Å². The number of hydrogen-bond acceptors (Lipinski definition) is 2. The van der Waals surface area contributed by atoms with Gasteiger partial charge in [-0.3, -0.25) is 0 Å². The Kier molecular flexibility index (Phi) is 7.90. The number of benzene rings is 4. The molecule has 0 aliphatic heterocycles. The van der Waals surface area contributed by atoms with Gasteiger partial charge in [0.2, 0.25) is 0 Å². The van der Waals surface area contributed by atoms with Crippen molar-refractivity contribution in [2.75, 3.05) is 0 Å². The summed E-state index contributed by atoms with van der Waals surface area (Å²) in [5, 5.41) is 2.89. The predicted octanol–water partition coefficient (Wildman–Crippen LogP) is 2.92. The summed E-state index contributed by atoms with van der Waals surface area (Å²) in [7, 11) is 0. The molecule has 4 aromatic rings. The summed E-state index contributed by atoms with van der Waals surface area (Å²) in [4.78, 5) is 23.5. The first-order valence-electron chi connectivity index (χ1n) is 11.3. The van der Waals surface area contributed by atoms with Crippen molar-refractivity contribution in [1.29, 1.82) is 0 Å². The standard InChI is InChI=1S/C11H13NO3.3C6H5.Pb/c1-8(13)12-10(11(14)15)7-9-5-3-2-4-6-9;3*1-2-4-6-5-3-1;/h2-6,10H,7H2,1H3,(H,12,13)(H,14,15);3*1-5H;/q;;;;+1. The van der Waals surface area contributed by atoms with Gasteiger partial charge in [-0.25, -0.2) is 0 Å². The second-order valence-electron chi connectivity index (χ2n) is 8.16. The van der Waals surface area contributed by atoms with E-state index in [9.17, 15) is 9.59 Å². The molecular formula is C29H28NO3Pb+. The molecule has 0 saturated heterocycles. The molecule has 1 unspecified atom stereocenters. The van der Waals surface area contributed by atoms with Crippen molar-refractivity contribution in [2.45, 2.75) is 19.4 Å². The van der Waals surface area contributed by atoms with Crippen LogP contribution in [0.2, 0.25) is 0 Å².